The molecule has 0 bridgehead atoms. The summed E-state index contributed by atoms with van der Waals surface area (Å²) in [6.07, 6.45) is 1.64. The van der Waals surface area contributed by atoms with Gasteiger partial charge >= 0.3 is 0 Å². The van der Waals surface area contributed by atoms with Gasteiger partial charge in [0.25, 0.3) is 0 Å². The van der Waals surface area contributed by atoms with E-state index in [9.17, 15) is 4.79 Å². The van der Waals surface area contributed by atoms with Gasteiger partial charge in [0.15, 0.2) is 0 Å². The van der Waals surface area contributed by atoms with Gasteiger partial charge in [-0.25, -0.2) is 0 Å². The van der Waals surface area contributed by atoms with E-state index < -0.39 is 0 Å². The van der Waals surface area contributed by atoms with Crippen molar-refractivity contribution in [2.45, 2.75) is 45.8 Å². The predicted molar refractivity (Wildman–Crippen MR) is 99.8 cm³/mol. The molecule has 0 aliphatic carbocycles. The molecule has 0 saturated carbocycles. The fourth-order valence-corrected chi connectivity index (χ4v) is 3.45. The monoisotopic (exact) mass is 348 g/mol. The minimum atomic E-state index is 0.00508. The van der Waals surface area contributed by atoms with Crippen LogP contribution in [0.15, 0.2) is 24.3 Å². The van der Waals surface area contributed by atoms with Crippen molar-refractivity contribution in [3.8, 4) is 5.75 Å². The molecule has 1 aliphatic rings. The van der Waals surface area contributed by atoms with Gasteiger partial charge in [-0.2, -0.15) is 0 Å². The first-order chi connectivity index (χ1) is 12.0. The minimum absolute atomic E-state index is 0.00508. The second-order valence-electron chi connectivity index (χ2n) is 7.11. The third kappa shape index (κ3) is 5.72. The number of piperazine rings is 1. The molecule has 1 aromatic carbocycles. The van der Waals surface area contributed by atoms with Crippen molar-refractivity contribution in [1.29, 1.82) is 0 Å². The average molecular weight is 348 g/mol. The summed E-state index contributed by atoms with van der Waals surface area (Å²) in [7, 11) is 1.67. The van der Waals surface area contributed by atoms with Crippen LogP contribution in [0.1, 0.15) is 45.2 Å². The maximum atomic E-state index is 12.8. The number of benzene rings is 1. The molecule has 1 fully saturated rings. The molecule has 5 heteroatoms. The second kappa shape index (κ2) is 9.78. The van der Waals surface area contributed by atoms with Gasteiger partial charge in [0.2, 0.25) is 5.91 Å². The highest BCUT2D eigenvalue weighted by Gasteiger charge is 2.29. The van der Waals surface area contributed by atoms with E-state index in [1.807, 2.05) is 29.2 Å². The van der Waals surface area contributed by atoms with Crippen LogP contribution in [-0.2, 0) is 9.53 Å². The Hall–Kier alpha value is -1.59. The average Bonchev–Trinajstić information content (AvgIpc) is 2.61. The zero-order chi connectivity index (χ0) is 18.2. The molecular weight excluding hydrogens is 316 g/mol. The van der Waals surface area contributed by atoms with Gasteiger partial charge in [-0.1, -0.05) is 32.0 Å². The first-order valence-corrected chi connectivity index (χ1v) is 9.27. The lowest BCUT2D eigenvalue weighted by atomic mass is 10.0. The van der Waals surface area contributed by atoms with Crippen LogP contribution in [0.2, 0.25) is 0 Å². The smallest absolute Gasteiger partial charge is 0.225 e. The highest BCUT2D eigenvalue weighted by atomic mass is 16.5. The number of carbonyl (C=O) groups excluding carboxylic acids is 1. The van der Waals surface area contributed by atoms with Crippen molar-refractivity contribution >= 4 is 5.91 Å². The first-order valence-electron chi connectivity index (χ1n) is 9.27. The third-order valence-corrected chi connectivity index (χ3v) is 4.58. The van der Waals surface area contributed by atoms with E-state index in [2.05, 4.69) is 26.1 Å². The lowest BCUT2D eigenvalue weighted by molar-refractivity contribution is -0.136. The lowest BCUT2D eigenvalue weighted by Crippen LogP contribution is -2.49. The number of hydrogen-bond acceptors (Lipinski definition) is 4. The molecule has 1 N–H and O–H groups in total. The summed E-state index contributed by atoms with van der Waals surface area (Å²) < 4.78 is 11.3. The molecule has 0 spiro atoms. The van der Waals surface area contributed by atoms with Crippen LogP contribution in [0.25, 0.3) is 0 Å². The Morgan fingerprint density at radius 2 is 2.08 bits per heavy atom. The molecule has 0 radical (unpaired) electrons. The number of amides is 1. The van der Waals surface area contributed by atoms with Gasteiger partial charge in [0, 0.05) is 25.2 Å². The highest BCUT2D eigenvalue weighted by Crippen LogP contribution is 2.30. The number of nitrogens with zero attached hydrogens (tertiary/aromatic N) is 1. The summed E-state index contributed by atoms with van der Waals surface area (Å²) in [5.41, 5.74) is 1.06. The SMILES string of the molecule is COc1ccccc1C1CNCCN1C(=O)CCOC(C)CC(C)C. The molecule has 1 heterocycles. The van der Waals surface area contributed by atoms with E-state index in [1.54, 1.807) is 7.11 Å². The molecule has 2 unspecified atom stereocenters. The highest BCUT2D eigenvalue weighted by molar-refractivity contribution is 5.77. The Morgan fingerprint density at radius 1 is 1.32 bits per heavy atom. The normalized spacial score (nSPS) is 19.1. The lowest BCUT2D eigenvalue weighted by Gasteiger charge is -2.37. The third-order valence-electron chi connectivity index (χ3n) is 4.58. The summed E-state index contributed by atoms with van der Waals surface area (Å²) in [6, 6.07) is 7.94. The molecule has 1 aromatic rings. The predicted octanol–water partition coefficient (Wildman–Crippen LogP) is 3.01. The van der Waals surface area contributed by atoms with Crippen LogP contribution in [0, 0.1) is 5.92 Å². The van der Waals surface area contributed by atoms with Crippen molar-refractivity contribution in [2.75, 3.05) is 33.4 Å². The standard InChI is InChI=1S/C20H32N2O3/c1-15(2)13-16(3)25-12-9-20(23)22-11-10-21-14-18(22)17-7-5-6-8-19(17)24-4/h5-8,15-16,18,21H,9-14H2,1-4H3. The maximum absolute atomic E-state index is 12.8. The fraction of sp³-hybridized carbons (Fsp3) is 0.650. The van der Waals surface area contributed by atoms with E-state index >= 15 is 0 Å². The van der Waals surface area contributed by atoms with E-state index in [0.717, 1.165) is 30.8 Å². The Balaban J connectivity index is 1.96. The van der Waals surface area contributed by atoms with Crippen molar-refractivity contribution in [3.63, 3.8) is 0 Å². The molecule has 2 atom stereocenters. The number of hydrogen-bond donors (Lipinski definition) is 1. The number of ether oxygens (including phenoxy) is 2. The van der Waals surface area contributed by atoms with E-state index in [0.29, 0.717) is 25.5 Å². The molecular formula is C20H32N2O3. The summed E-state index contributed by atoms with van der Waals surface area (Å²) in [6.45, 7) is 9.21. The summed E-state index contributed by atoms with van der Waals surface area (Å²) in [5.74, 6) is 1.58. The Kier molecular flexibility index (Phi) is 7.72. The topological polar surface area (TPSA) is 50.8 Å². The maximum Gasteiger partial charge on any atom is 0.225 e. The zero-order valence-corrected chi connectivity index (χ0v) is 16.0. The van der Waals surface area contributed by atoms with Crippen molar-refractivity contribution in [1.82, 2.24) is 10.2 Å². The van der Waals surface area contributed by atoms with Gasteiger partial charge < -0.3 is 19.7 Å². The number of methoxy groups -OCH3 is 1. The summed E-state index contributed by atoms with van der Waals surface area (Å²) in [5, 5.41) is 3.38. The number of para-hydroxylation sites is 1. The van der Waals surface area contributed by atoms with Gasteiger partial charge in [-0.15, -0.1) is 0 Å². The van der Waals surface area contributed by atoms with Crippen LogP contribution < -0.4 is 10.1 Å². The Bertz CT molecular complexity index is 547. The van der Waals surface area contributed by atoms with E-state index in [-0.39, 0.29) is 18.1 Å². The van der Waals surface area contributed by atoms with Gasteiger partial charge in [-0.05, 0) is 25.3 Å². The summed E-state index contributed by atoms with van der Waals surface area (Å²) >= 11 is 0. The minimum Gasteiger partial charge on any atom is -0.496 e. The van der Waals surface area contributed by atoms with Crippen LogP contribution in [0.5, 0.6) is 5.75 Å². The largest absolute Gasteiger partial charge is 0.496 e. The van der Waals surface area contributed by atoms with Crippen LogP contribution in [0.3, 0.4) is 0 Å². The number of rotatable bonds is 8. The Labute approximate surface area is 151 Å². The number of nitrogens with one attached hydrogen (secondary N) is 1. The fourth-order valence-electron chi connectivity index (χ4n) is 3.45. The molecule has 140 valence electrons. The van der Waals surface area contributed by atoms with Crippen LogP contribution in [0.4, 0.5) is 0 Å². The van der Waals surface area contributed by atoms with Gasteiger partial charge in [0.1, 0.15) is 5.75 Å². The van der Waals surface area contributed by atoms with Gasteiger partial charge in [0.05, 0.1) is 32.3 Å². The number of carbonyl (C=O) groups is 1. The molecule has 1 aliphatic heterocycles. The second-order valence-corrected chi connectivity index (χ2v) is 7.11. The molecule has 25 heavy (non-hydrogen) atoms. The zero-order valence-electron chi connectivity index (χ0n) is 16.0. The van der Waals surface area contributed by atoms with E-state index in [4.69, 9.17) is 9.47 Å². The Morgan fingerprint density at radius 3 is 2.80 bits per heavy atom. The van der Waals surface area contributed by atoms with Crippen molar-refractivity contribution < 1.29 is 14.3 Å². The van der Waals surface area contributed by atoms with E-state index in [1.165, 1.54) is 0 Å². The molecule has 2 rings (SSSR count). The van der Waals surface area contributed by atoms with Crippen molar-refractivity contribution in [3.05, 3.63) is 29.8 Å². The van der Waals surface area contributed by atoms with Crippen molar-refractivity contribution in [2.24, 2.45) is 5.92 Å². The summed E-state index contributed by atoms with van der Waals surface area (Å²) in [4.78, 5) is 14.7. The van der Waals surface area contributed by atoms with Crippen LogP contribution >= 0.6 is 0 Å². The quantitative estimate of drug-likeness (QED) is 0.785. The first kappa shape index (κ1) is 19.7. The molecule has 1 amide bonds. The van der Waals surface area contributed by atoms with Gasteiger partial charge in [-0.3, -0.25) is 4.79 Å². The molecule has 1 saturated heterocycles. The molecule has 0 aromatic heterocycles. The van der Waals surface area contributed by atoms with Crippen LogP contribution in [-0.4, -0.2) is 50.3 Å². The molecule has 5 nitrogen and oxygen atoms in total.